The highest BCUT2D eigenvalue weighted by molar-refractivity contribution is 7.99. The Morgan fingerprint density at radius 1 is 1.43 bits per heavy atom. The predicted octanol–water partition coefficient (Wildman–Crippen LogP) is 1.32. The van der Waals surface area contributed by atoms with Crippen LogP contribution in [0.25, 0.3) is 0 Å². The number of carbonyl (C=O) groups excluding carboxylic acids is 2. The lowest BCUT2D eigenvalue weighted by Gasteiger charge is -2.33. The number of rotatable bonds is 3. The summed E-state index contributed by atoms with van der Waals surface area (Å²) in [7, 11) is 0. The predicted molar refractivity (Wildman–Crippen MR) is 58.4 cm³/mol. The molecule has 0 aliphatic carbocycles. The van der Waals surface area contributed by atoms with Gasteiger partial charge in [0, 0.05) is 24.3 Å². The Morgan fingerprint density at radius 3 is 2.57 bits per heavy atom. The highest BCUT2D eigenvalue weighted by Gasteiger charge is 2.28. The smallest absolute Gasteiger partial charge is 0.230 e. The number of amides is 1. The topological polar surface area (TPSA) is 37.4 Å². The number of ketones is 1. The zero-order valence-electron chi connectivity index (χ0n) is 9.00. The molecule has 0 unspecified atom stereocenters. The second-order valence-electron chi connectivity index (χ2n) is 4.24. The first kappa shape index (κ1) is 11.6. The number of thioether (sulfide) groups is 1. The summed E-state index contributed by atoms with van der Waals surface area (Å²) < 4.78 is 0.0794. The highest BCUT2D eigenvalue weighted by Crippen LogP contribution is 2.23. The van der Waals surface area contributed by atoms with Crippen molar-refractivity contribution in [3.63, 3.8) is 0 Å². The quantitative estimate of drug-likeness (QED) is 0.666. The van der Waals surface area contributed by atoms with Gasteiger partial charge in [-0.2, -0.15) is 11.8 Å². The van der Waals surface area contributed by atoms with Gasteiger partial charge >= 0.3 is 0 Å². The molecule has 0 spiro atoms. The van der Waals surface area contributed by atoms with Crippen molar-refractivity contribution in [3.8, 4) is 0 Å². The van der Waals surface area contributed by atoms with Crippen molar-refractivity contribution >= 4 is 23.5 Å². The van der Waals surface area contributed by atoms with Crippen molar-refractivity contribution < 1.29 is 9.59 Å². The monoisotopic (exact) mass is 215 g/mol. The molecule has 0 radical (unpaired) electrons. The summed E-state index contributed by atoms with van der Waals surface area (Å²) in [5.74, 6) is 0.0663. The SMILES string of the molecule is CSC(C)(C)CN1CCC(=O)CC1=O. The van der Waals surface area contributed by atoms with Crippen LogP contribution in [-0.2, 0) is 9.59 Å². The zero-order valence-corrected chi connectivity index (χ0v) is 9.82. The molecule has 1 amide bonds. The van der Waals surface area contributed by atoms with Crippen molar-refractivity contribution in [2.24, 2.45) is 0 Å². The molecule has 80 valence electrons. The van der Waals surface area contributed by atoms with Crippen LogP contribution in [0, 0.1) is 0 Å². The largest absolute Gasteiger partial charge is 0.341 e. The third-order valence-electron chi connectivity index (χ3n) is 2.49. The molecule has 1 fully saturated rings. The fourth-order valence-electron chi connectivity index (χ4n) is 1.44. The first-order chi connectivity index (χ1) is 6.44. The Balaban J connectivity index is 2.53. The Kier molecular flexibility index (Phi) is 3.59. The molecule has 1 rings (SSSR count). The van der Waals surface area contributed by atoms with E-state index in [0.29, 0.717) is 13.0 Å². The van der Waals surface area contributed by atoms with Crippen molar-refractivity contribution in [2.75, 3.05) is 19.3 Å². The van der Waals surface area contributed by atoms with E-state index in [4.69, 9.17) is 0 Å². The van der Waals surface area contributed by atoms with Gasteiger partial charge in [-0.3, -0.25) is 9.59 Å². The molecule has 0 atom stereocenters. The van der Waals surface area contributed by atoms with Gasteiger partial charge in [-0.05, 0) is 20.1 Å². The fourth-order valence-corrected chi connectivity index (χ4v) is 1.73. The van der Waals surface area contributed by atoms with Crippen molar-refractivity contribution in [2.45, 2.75) is 31.4 Å². The molecule has 0 aromatic heterocycles. The van der Waals surface area contributed by atoms with E-state index in [1.807, 2.05) is 6.26 Å². The van der Waals surface area contributed by atoms with Crippen LogP contribution in [-0.4, -0.2) is 40.7 Å². The lowest BCUT2D eigenvalue weighted by molar-refractivity contribution is -0.139. The number of Topliss-reactive ketones (excluding diaryl/α,β-unsaturated/α-hetero) is 1. The van der Waals surface area contributed by atoms with Gasteiger partial charge in [0.15, 0.2) is 0 Å². The van der Waals surface area contributed by atoms with E-state index in [-0.39, 0.29) is 22.9 Å². The first-order valence-electron chi connectivity index (χ1n) is 4.79. The highest BCUT2D eigenvalue weighted by atomic mass is 32.2. The summed E-state index contributed by atoms with van der Waals surface area (Å²) in [6, 6.07) is 0. The van der Waals surface area contributed by atoms with Crippen LogP contribution < -0.4 is 0 Å². The third-order valence-corrected chi connectivity index (χ3v) is 3.72. The number of nitrogens with zero attached hydrogens (tertiary/aromatic N) is 1. The average molecular weight is 215 g/mol. The van der Waals surface area contributed by atoms with E-state index in [2.05, 4.69) is 13.8 Å². The van der Waals surface area contributed by atoms with Crippen LogP contribution in [0.3, 0.4) is 0 Å². The van der Waals surface area contributed by atoms with E-state index in [1.54, 1.807) is 16.7 Å². The average Bonchev–Trinajstić information content (AvgIpc) is 2.10. The van der Waals surface area contributed by atoms with Crippen LogP contribution in [0.2, 0.25) is 0 Å². The molecule has 1 saturated heterocycles. The van der Waals surface area contributed by atoms with Gasteiger partial charge in [0.1, 0.15) is 5.78 Å². The maximum atomic E-state index is 11.5. The van der Waals surface area contributed by atoms with Gasteiger partial charge in [0.05, 0.1) is 6.42 Å². The molecule has 14 heavy (non-hydrogen) atoms. The second kappa shape index (κ2) is 4.34. The fraction of sp³-hybridized carbons (Fsp3) is 0.800. The van der Waals surface area contributed by atoms with Crippen LogP contribution in [0.15, 0.2) is 0 Å². The molecule has 1 aliphatic heterocycles. The van der Waals surface area contributed by atoms with Crippen molar-refractivity contribution in [1.29, 1.82) is 0 Å². The van der Waals surface area contributed by atoms with Gasteiger partial charge < -0.3 is 4.90 Å². The molecule has 1 heterocycles. The standard InChI is InChI=1S/C10H17NO2S/c1-10(2,14-3)7-11-5-4-8(12)6-9(11)13/h4-7H2,1-3H3. The van der Waals surface area contributed by atoms with Crippen LogP contribution in [0.1, 0.15) is 26.7 Å². The van der Waals surface area contributed by atoms with Gasteiger partial charge in [0.2, 0.25) is 5.91 Å². The Hall–Kier alpha value is -0.510. The van der Waals surface area contributed by atoms with Gasteiger partial charge in [0.25, 0.3) is 0 Å². The molecular weight excluding hydrogens is 198 g/mol. The molecule has 0 saturated carbocycles. The molecule has 4 heteroatoms. The van der Waals surface area contributed by atoms with E-state index in [1.165, 1.54) is 0 Å². The Bertz CT molecular complexity index is 251. The minimum Gasteiger partial charge on any atom is -0.341 e. The molecule has 0 bridgehead atoms. The summed E-state index contributed by atoms with van der Waals surface area (Å²) in [5.41, 5.74) is 0. The van der Waals surface area contributed by atoms with Gasteiger partial charge in [-0.25, -0.2) is 0 Å². The van der Waals surface area contributed by atoms with Crippen LogP contribution >= 0.6 is 11.8 Å². The van der Waals surface area contributed by atoms with E-state index in [9.17, 15) is 9.59 Å². The number of hydrogen-bond acceptors (Lipinski definition) is 3. The summed E-state index contributed by atoms with van der Waals surface area (Å²) >= 11 is 1.74. The second-order valence-corrected chi connectivity index (χ2v) is 5.76. The van der Waals surface area contributed by atoms with E-state index >= 15 is 0 Å². The summed E-state index contributed by atoms with van der Waals surface area (Å²) in [6.45, 7) is 5.56. The third kappa shape index (κ3) is 3.01. The van der Waals surface area contributed by atoms with Gasteiger partial charge in [-0.1, -0.05) is 0 Å². The van der Waals surface area contributed by atoms with Crippen molar-refractivity contribution in [1.82, 2.24) is 4.90 Å². The van der Waals surface area contributed by atoms with E-state index < -0.39 is 0 Å². The Labute approximate surface area is 89.2 Å². The van der Waals surface area contributed by atoms with Crippen molar-refractivity contribution in [3.05, 3.63) is 0 Å². The molecule has 0 aromatic rings. The number of likely N-dealkylation sites (tertiary alicyclic amines) is 1. The first-order valence-corrected chi connectivity index (χ1v) is 6.02. The molecule has 3 nitrogen and oxygen atoms in total. The maximum absolute atomic E-state index is 11.5. The number of hydrogen-bond donors (Lipinski definition) is 0. The van der Waals surface area contributed by atoms with E-state index in [0.717, 1.165) is 6.54 Å². The summed E-state index contributed by atoms with van der Waals surface area (Å²) in [5, 5.41) is 0. The molecule has 0 aromatic carbocycles. The van der Waals surface area contributed by atoms with Crippen LogP contribution in [0.4, 0.5) is 0 Å². The number of piperidine rings is 1. The lowest BCUT2D eigenvalue weighted by atomic mass is 10.1. The zero-order chi connectivity index (χ0) is 10.8. The van der Waals surface area contributed by atoms with Crippen LogP contribution in [0.5, 0.6) is 0 Å². The molecular formula is C10H17NO2S. The summed E-state index contributed by atoms with van der Waals surface area (Å²) in [6.07, 6.45) is 2.67. The summed E-state index contributed by atoms with van der Waals surface area (Å²) in [4.78, 5) is 24.3. The molecule has 0 N–H and O–H groups in total. The molecule has 1 aliphatic rings. The minimum absolute atomic E-state index is 0.0108. The normalized spacial score (nSPS) is 18.9. The Morgan fingerprint density at radius 2 is 2.07 bits per heavy atom. The lowest BCUT2D eigenvalue weighted by Crippen LogP contribution is -2.45. The minimum atomic E-state index is -0.0108. The number of carbonyl (C=O) groups is 2. The van der Waals surface area contributed by atoms with Gasteiger partial charge in [-0.15, -0.1) is 0 Å². The maximum Gasteiger partial charge on any atom is 0.230 e.